The Labute approximate surface area is 87.8 Å². The molecule has 0 saturated carbocycles. The van der Waals surface area contributed by atoms with E-state index in [9.17, 15) is 0 Å². The topological polar surface area (TPSA) is 24.5 Å². The number of rotatable bonds is 5. The lowest BCUT2D eigenvalue weighted by Crippen LogP contribution is -2.35. The molecule has 14 heavy (non-hydrogen) atoms. The maximum absolute atomic E-state index is 5.05. The van der Waals surface area contributed by atoms with E-state index in [1.807, 2.05) is 0 Å². The fourth-order valence-electron chi connectivity index (χ4n) is 1.98. The van der Waals surface area contributed by atoms with E-state index in [4.69, 9.17) is 4.74 Å². The molecule has 1 rings (SSSR count). The average Bonchev–Trinajstić information content (AvgIpc) is 2.38. The second-order valence-corrected chi connectivity index (χ2v) is 4.21. The SMILES string of the molecule is COCCCCN1CCCNC(C)C1. The van der Waals surface area contributed by atoms with Gasteiger partial charge in [-0.25, -0.2) is 0 Å². The number of methoxy groups -OCH3 is 1. The van der Waals surface area contributed by atoms with Crippen molar-refractivity contribution in [1.29, 1.82) is 0 Å². The summed E-state index contributed by atoms with van der Waals surface area (Å²) in [5, 5.41) is 3.51. The van der Waals surface area contributed by atoms with Crippen LogP contribution in [0.5, 0.6) is 0 Å². The third-order valence-electron chi connectivity index (χ3n) is 2.75. The zero-order valence-electron chi connectivity index (χ0n) is 9.59. The van der Waals surface area contributed by atoms with Gasteiger partial charge in [-0.15, -0.1) is 0 Å². The smallest absolute Gasteiger partial charge is 0.0462 e. The van der Waals surface area contributed by atoms with Crippen LogP contribution < -0.4 is 5.32 Å². The molecule has 1 aliphatic rings. The molecular formula is C11H24N2O. The molecule has 0 aromatic carbocycles. The minimum absolute atomic E-state index is 0.653. The monoisotopic (exact) mass is 200 g/mol. The quantitative estimate of drug-likeness (QED) is 0.673. The van der Waals surface area contributed by atoms with Crippen LogP contribution in [0.15, 0.2) is 0 Å². The van der Waals surface area contributed by atoms with Crippen LogP contribution in [0.1, 0.15) is 26.2 Å². The summed E-state index contributed by atoms with van der Waals surface area (Å²) in [4.78, 5) is 2.57. The van der Waals surface area contributed by atoms with Crippen LogP contribution in [0.2, 0.25) is 0 Å². The Bertz CT molecular complexity index is 141. The molecule has 0 amide bonds. The first-order chi connectivity index (χ1) is 6.83. The summed E-state index contributed by atoms with van der Waals surface area (Å²) in [5.41, 5.74) is 0. The molecule has 0 aromatic heterocycles. The van der Waals surface area contributed by atoms with E-state index in [1.54, 1.807) is 7.11 Å². The summed E-state index contributed by atoms with van der Waals surface area (Å²) in [6.07, 6.45) is 3.74. The third-order valence-corrected chi connectivity index (χ3v) is 2.75. The van der Waals surface area contributed by atoms with Gasteiger partial charge in [0, 0.05) is 26.3 Å². The standard InChI is InChI=1S/C11H24N2O/c1-11-10-13(8-5-6-12-11)7-3-4-9-14-2/h11-12H,3-10H2,1-2H3. The van der Waals surface area contributed by atoms with E-state index >= 15 is 0 Å². The number of ether oxygens (including phenoxy) is 1. The molecule has 0 radical (unpaired) electrons. The predicted octanol–water partition coefficient (Wildman–Crippen LogP) is 1.10. The second-order valence-electron chi connectivity index (χ2n) is 4.21. The minimum Gasteiger partial charge on any atom is -0.385 e. The van der Waals surface area contributed by atoms with E-state index in [0.717, 1.165) is 6.61 Å². The van der Waals surface area contributed by atoms with Crippen LogP contribution in [0.4, 0.5) is 0 Å². The first-order valence-corrected chi connectivity index (χ1v) is 5.77. The van der Waals surface area contributed by atoms with Crippen LogP contribution in [0, 0.1) is 0 Å². The summed E-state index contributed by atoms with van der Waals surface area (Å²) in [7, 11) is 1.78. The molecule has 1 heterocycles. The Kier molecular flexibility index (Phi) is 6.15. The molecule has 3 heteroatoms. The van der Waals surface area contributed by atoms with Gasteiger partial charge in [0.25, 0.3) is 0 Å². The Balaban J connectivity index is 2.09. The fraction of sp³-hybridized carbons (Fsp3) is 1.00. The first-order valence-electron chi connectivity index (χ1n) is 5.77. The van der Waals surface area contributed by atoms with Crippen molar-refractivity contribution in [3.63, 3.8) is 0 Å². The van der Waals surface area contributed by atoms with Gasteiger partial charge in [0.2, 0.25) is 0 Å². The molecule has 0 spiro atoms. The maximum atomic E-state index is 5.05. The molecule has 84 valence electrons. The molecule has 1 fully saturated rings. The lowest BCUT2D eigenvalue weighted by Gasteiger charge is -2.21. The predicted molar refractivity (Wildman–Crippen MR) is 59.6 cm³/mol. The Morgan fingerprint density at radius 1 is 1.43 bits per heavy atom. The summed E-state index contributed by atoms with van der Waals surface area (Å²) < 4.78 is 5.05. The van der Waals surface area contributed by atoms with Crippen LogP contribution in [-0.4, -0.2) is 50.8 Å². The minimum atomic E-state index is 0.653. The van der Waals surface area contributed by atoms with Gasteiger partial charge in [-0.05, 0) is 45.8 Å². The first kappa shape index (κ1) is 12.0. The van der Waals surface area contributed by atoms with E-state index in [-0.39, 0.29) is 0 Å². The lowest BCUT2D eigenvalue weighted by molar-refractivity contribution is 0.183. The van der Waals surface area contributed by atoms with Gasteiger partial charge in [-0.1, -0.05) is 0 Å². The normalized spacial score (nSPS) is 24.9. The van der Waals surface area contributed by atoms with Gasteiger partial charge in [0.05, 0.1) is 0 Å². The highest BCUT2D eigenvalue weighted by molar-refractivity contribution is 4.72. The Morgan fingerprint density at radius 3 is 3.07 bits per heavy atom. The lowest BCUT2D eigenvalue weighted by atomic mass is 10.2. The van der Waals surface area contributed by atoms with Gasteiger partial charge in [0.15, 0.2) is 0 Å². The van der Waals surface area contributed by atoms with E-state index in [1.165, 1.54) is 45.4 Å². The second kappa shape index (κ2) is 7.21. The molecule has 1 unspecified atom stereocenters. The average molecular weight is 200 g/mol. The van der Waals surface area contributed by atoms with Crippen LogP contribution in [0.3, 0.4) is 0 Å². The van der Waals surface area contributed by atoms with E-state index in [0.29, 0.717) is 6.04 Å². The van der Waals surface area contributed by atoms with Gasteiger partial charge in [-0.2, -0.15) is 0 Å². The highest BCUT2D eigenvalue weighted by atomic mass is 16.5. The molecular weight excluding hydrogens is 176 g/mol. The van der Waals surface area contributed by atoms with E-state index < -0.39 is 0 Å². The molecule has 1 aliphatic heterocycles. The van der Waals surface area contributed by atoms with Crippen molar-refractivity contribution < 1.29 is 4.74 Å². The molecule has 1 atom stereocenters. The number of unbranched alkanes of at least 4 members (excludes halogenated alkanes) is 1. The van der Waals surface area contributed by atoms with Gasteiger partial charge < -0.3 is 15.0 Å². The van der Waals surface area contributed by atoms with Gasteiger partial charge in [-0.3, -0.25) is 0 Å². The van der Waals surface area contributed by atoms with Crippen molar-refractivity contribution in [2.75, 3.05) is 39.9 Å². The molecule has 0 bridgehead atoms. The number of nitrogens with zero attached hydrogens (tertiary/aromatic N) is 1. The Hall–Kier alpha value is -0.120. The van der Waals surface area contributed by atoms with Crippen molar-refractivity contribution in [3.05, 3.63) is 0 Å². The van der Waals surface area contributed by atoms with Crippen molar-refractivity contribution in [2.45, 2.75) is 32.2 Å². The Morgan fingerprint density at radius 2 is 2.29 bits per heavy atom. The summed E-state index contributed by atoms with van der Waals surface area (Å²) in [6.45, 7) is 8.04. The summed E-state index contributed by atoms with van der Waals surface area (Å²) >= 11 is 0. The number of hydrogen-bond acceptors (Lipinski definition) is 3. The van der Waals surface area contributed by atoms with Crippen LogP contribution in [-0.2, 0) is 4.74 Å². The van der Waals surface area contributed by atoms with Crippen molar-refractivity contribution >= 4 is 0 Å². The summed E-state index contributed by atoms with van der Waals surface area (Å²) in [6, 6.07) is 0.653. The highest BCUT2D eigenvalue weighted by Crippen LogP contribution is 2.02. The van der Waals surface area contributed by atoms with Crippen LogP contribution in [0.25, 0.3) is 0 Å². The maximum Gasteiger partial charge on any atom is 0.0462 e. The largest absolute Gasteiger partial charge is 0.385 e. The van der Waals surface area contributed by atoms with Crippen LogP contribution >= 0.6 is 0 Å². The van der Waals surface area contributed by atoms with Gasteiger partial charge >= 0.3 is 0 Å². The summed E-state index contributed by atoms with van der Waals surface area (Å²) in [5.74, 6) is 0. The number of nitrogens with one attached hydrogen (secondary N) is 1. The molecule has 0 aromatic rings. The zero-order valence-corrected chi connectivity index (χ0v) is 9.59. The molecule has 0 aliphatic carbocycles. The van der Waals surface area contributed by atoms with Gasteiger partial charge in [0.1, 0.15) is 0 Å². The fourth-order valence-corrected chi connectivity index (χ4v) is 1.98. The van der Waals surface area contributed by atoms with Crippen molar-refractivity contribution in [3.8, 4) is 0 Å². The van der Waals surface area contributed by atoms with E-state index in [2.05, 4.69) is 17.1 Å². The highest BCUT2D eigenvalue weighted by Gasteiger charge is 2.12. The zero-order chi connectivity index (χ0) is 10.2. The van der Waals surface area contributed by atoms with Crippen molar-refractivity contribution in [1.82, 2.24) is 10.2 Å². The van der Waals surface area contributed by atoms with Crippen molar-refractivity contribution in [2.24, 2.45) is 0 Å². The number of hydrogen-bond donors (Lipinski definition) is 1. The molecule has 3 nitrogen and oxygen atoms in total. The molecule has 1 N–H and O–H groups in total. The third kappa shape index (κ3) is 4.94. The molecule has 1 saturated heterocycles.